The fourth-order valence-corrected chi connectivity index (χ4v) is 6.35. The molecule has 3 aromatic carbocycles. The molecule has 3 aliphatic rings. The van der Waals surface area contributed by atoms with Crippen LogP contribution in [0.1, 0.15) is 36.8 Å². The van der Waals surface area contributed by atoms with Gasteiger partial charge in [-0.05, 0) is 16.7 Å². The average Bonchev–Trinajstić information content (AvgIpc) is 3.15. The second kappa shape index (κ2) is 17.7. The first-order chi connectivity index (χ1) is 24.9. The number of nitrogens with zero attached hydrogens (tertiary/aromatic N) is 3. The largest absolute Gasteiger partial charge is 0.463 e. The van der Waals surface area contributed by atoms with E-state index in [9.17, 15) is 15.1 Å². The minimum absolute atomic E-state index is 0.0235. The average molecular weight is 704 g/mol. The van der Waals surface area contributed by atoms with Crippen LogP contribution in [-0.2, 0) is 65.4 Å². The summed E-state index contributed by atoms with van der Waals surface area (Å²) in [6, 6.07) is 27.7. The first kappa shape index (κ1) is 36.4. The van der Waals surface area contributed by atoms with Crippen LogP contribution in [0.2, 0.25) is 0 Å². The van der Waals surface area contributed by atoms with Gasteiger partial charge in [-0.3, -0.25) is 9.59 Å². The topological polar surface area (TPSA) is 166 Å². The van der Waals surface area contributed by atoms with E-state index in [1.165, 1.54) is 13.8 Å². The first-order valence-electron chi connectivity index (χ1n) is 16.8. The maximum Gasteiger partial charge on any atom is 0.303 e. The molecule has 14 nitrogen and oxygen atoms in total. The van der Waals surface area contributed by atoms with Crippen molar-refractivity contribution in [3.05, 3.63) is 118 Å². The summed E-state index contributed by atoms with van der Waals surface area (Å²) in [5.41, 5.74) is 12.0. The molecule has 0 spiro atoms. The Labute approximate surface area is 295 Å². The summed E-state index contributed by atoms with van der Waals surface area (Å²) >= 11 is 0. The van der Waals surface area contributed by atoms with Gasteiger partial charge >= 0.3 is 11.9 Å². The molecular formula is C37H41N3O11. The highest BCUT2D eigenvalue weighted by Crippen LogP contribution is 2.38. The van der Waals surface area contributed by atoms with E-state index in [-0.39, 0.29) is 33.0 Å². The van der Waals surface area contributed by atoms with E-state index in [1.54, 1.807) is 0 Å². The van der Waals surface area contributed by atoms with Gasteiger partial charge in [0.25, 0.3) is 0 Å². The third-order valence-electron chi connectivity index (χ3n) is 8.72. The second-order valence-electron chi connectivity index (χ2n) is 12.4. The van der Waals surface area contributed by atoms with E-state index >= 15 is 0 Å². The van der Waals surface area contributed by atoms with Crippen LogP contribution >= 0.6 is 0 Å². The molecule has 0 aliphatic carbocycles. The van der Waals surface area contributed by atoms with Crippen LogP contribution in [-0.4, -0.2) is 86.8 Å². The third-order valence-corrected chi connectivity index (χ3v) is 8.72. The van der Waals surface area contributed by atoms with Crippen LogP contribution in [0.4, 0.5) is 0 Å². The Morgan fingerprint density at radius 1 is 0.765 bits per heavy atom. The van der Waals surface area contributed by atoms with Crippen LogP contribution in [0, 0.1) is 0 Å². The molecule has 0 N–H and O–H groups in total. The number of fused-ring (bicyclic) bond motifs is 1. The third kappa shape index (κ3) is 9.50. The van der Waals surface area contributed by atoms with E-state index in [0.29, 0.717) is 0 Å². The summed E-state index contributed by atoms with van der Waals surface area (Å²) in [6.45, 7) is 2.78. The molecule has 270 valence electrons. The van der Waals surface area contributed by atoms with E-state index in [1.807, 2.05) is 91.0 Å². The maximum atomic E-state index is 12.7. The lowest BCUT2D eigenvalue weighted by Crippen LogP contribution is -2.66. The molecule has 0 saturated carbocycles. The standard InChI is InChI=1S/C37H41N3O11/c1-23(41)43-21-29-32(31(28(20-44-29)39-40-38)45-18-25-12-6-3-7-13-25)51-37-35(48-24(2)42)34(46-19-26-14-8-4-9-15-26)33-30(49-37)22-47-36(50-33)27-16-10-5-11-17-27/h3-17,28-37H,18-22H2,1-2H3/t28?,29?,30-,31?,32+,33+,34?,35-,36?,37-/m0/s1. The molecule has 14 heteroatoms. The van der Waals surface area contributed by atoms with E-state index in [0.717, 1.165) is 16.7 Å². The molecule has 3 aromatic rings. The van der Waals surface area contributed by atoms with Gasteiger partial charge in [0.1, 0.15) is 37.1 Å². The van der Waals surface area contributed by atoms with Crippen molar-refractivity contribution in [3.8, 4) is 0 Å². The van der Waals surface area contributed by atoms with Gasteiger partial charge in [-0.25, -0.2) is 0 Å². The summed E-state index contributed by atoms with van der Waals surface area (Å²) in [7, 11) is 0. The van der Waals surface area contributed by atoms with Crippen molar-refractivity contribution in [3.63, 3.8) is 0 Å². The quantitative estimate of drug-likeness (QED) is 0.102. The zero-order valence-corrected chi connectivity index (χ0v) is 28.3. The minimum atomic E-state index is -1.27. The number of rotatable bonds is 13. The Bertz CT molecular complexity index is 1610. The molecule has 3 fully saturated rings. The summed E-state index contributed by atoms with van der Waals surface area (Å²) in [5, 5.41) is 3.95. The molecule has 3 aliphatic heterocycles. The first-order valence-corrected chi connectivity index (χ1v) is 16.8. The zero-order chi connectivity index (χ0) is 35.6. The molecule has 10 atom stereocenters. The van der Waals surface area contributed by atoms with Crippen molar-refractivity contribution in [2.45, 2.75) is 88.4 Å². The van der Waals surface area contributed by atoms with Gasteiger partial charge in [0, 0.05) is 24.3 Å². The van der Waals surface area contributed by atoms with Crippen LogP contribution in [0.3, 0.4) is 0 Å². The Kier molecular flexibility index (Phi) is 12.7. The Hall–Kier alpha value is -4.37. The molecule has 0 radical (unpaired) electrons. The van der Waals surface area contributed by atoms with Crippen LogP contribution < -0.4 is 0 Å². The fraction of sp³-hybridized carbons (Fsp3) is 0.459. The molecule has 5 unspecified atom stereocenters. The van der Waals surface area contributed by atoms with Gasteiger partial charge in [0.15, 0.2) is 18.7 Å². The number of carbonyl (C=O) groups is 2. The number of esters is 2. The molecule has 0 aromatic heterocycles. The van der Waals surface area contributed by atoms with Crippen molar-refractivity contribution < 1.29 is 52.2 Å². The predicted octanol–water partition coefficient (Wildman–Crippen LogP) is 4.95. The minimum Gasteiger partial charge on any atom is -0.463 e. The Morgan fingerprint density at radius 3 is 2.00 bits per heavy atom. The maximum absolute atomic E-state index is 12.7. The van der Waals surface area contributed by atoms with E-state index in [2.05, 4.69) is 10.0 Å². The van der Waals surface area contributed by atoms with Gasteiger partial charge in [0.05, 0.1) is 38.6 Å². The van der Waals surface area contributed by atoms with Crippen LogP contribution in [0.25, 0.3) is 10.4 Å². The lowest BCUT2D eigenvalue weighted by molar-refractivity contribution is -0.380. The predicted molar refractivity (Wildman–Crippen MR) is 178 cm³/mol. The smallest absolute Gasteiger partial charge is 0.303 e. The SMILES string of the molecule is CC(=O)OCC1OCC(N=[N+]=[N-])C(OCc2ccccc2)[C@@H]1O[C@@H]1O[C@H]2COC(c3ccccc3)O[C@H]2C(OCc2ccccc2)[C@@H]1OC(C)=O. The lowest BCUT2D eigenvalue weighted by atomic mass is 9.95. The number of hydrogen-bond donors (Lipinski definition) is 0. The summed E-state index contributed by atoms with van der Waals surface area (Å²) in [6.07, 6.45) is -8.27. The monoisotopic (exact) mass is 703 g/mol. The molecule has 6 rings (SSSR count). The van der Waals surface area contributed by atoms with Crippen molar-refractivity contribution >= 4 is 11.9 Å². The molecule has 51 heavy (non-hydrogen) atoms. The fourth-order valence-electron chi connectivity index (χ4n) is 6.35. The van der Waals surface area contributed by atoms with Gasteiger partial charge < -0.3 is 42.6 Å². The van der Waals surface area contributed by atoms with E-state index in [4.69, 9.17) is 42.6 Å². The summed E-state index contributed by atoms with van der Waals surface area (Å²) < 4.78 is 56.1. The second-order valence-corrected chi connectivity index (χ2v) is 12.4. The molecule has 3 saturated heterocycles. The van der Waals surface area contributed by atoms with Crippen LogP contribution in [0.15, 0.2) is 96.1 Å². The van der Waals surface area contributed by atoms with Crippen molar-refractivity contribution in [2.24, 2.45) is 5.11 Å². The van der Waals surface area contributed by atoms with Gasteiger partial charge in [-0.15, -0.1) is 0 Å². The lowest BCUT2D eigenvalue weighted by Gasteiger charge is -2.50. The molecule has 0 amide bonds. The van der Waals surface area contributed by atoms with E-state index < -0.39 is 73.3 Å². The molecule has 3 heterocycles. The molecular weight excluding hydrogens is 662 g/mol. The highest BCUT2D eigenvalue weighted by atomic mass is 16.8. The summed E-state index contributed by atoms with van der Waals surface area (Å²) in [4.78, 5) is 27.6. The van der Waals surface area contributed by atoms with Gasteiger partial charge in [-0.1, -0.05) is 96.1 Å². The normalized spacial score (nSPS) is 30.3. The summed E-state index contributed by atoms with van der Waals surface area (Å²) in [5.74, 6) is -1.12. The number of carbonyl (C=O) groups excluding carboxylic acids is 2. The highest BCUT2D eigenvalue weighted by Gasteiger charge is 2.55. The number of hydrogen-bond acceptors (Lipinski definition) is 12. The zero-order valence-electron chi connectivity index (χ0n) is 28.3. The van der Waals surface area contributed by atoms with Gasteiger partial charge in [0.2, 0.25) is 0 Å². The Balaban J connectivity index is 1.33. The molecule has 0 bridgehead atoms. The van der Waals surface area contributed by atoms with Crippen molar-refractivity contribution in [1.82, 2.24) is 0 Å². The Morgan fingerprint density at radius 2 is 1.39 bits per heavy atom. The van der Waals surface area contributed by atoms with Crippen molar-refractivity contribution in [2.75, 3.05) is 19.8 Å². The highest BCUT2D eigenvalue weighted by molar-refractivity contribution is 5.66. The number of azide groups is 1. The number of ether oxygens (including phenoxy) is 9. The van der Waals surface area contributed by atoms with Gasteiger partial charge in [-0.2, -0.15) is 0 Å². The van der Waals surface area contributed by atoms with Crippen molar-refractivity contribution in [1.29, 1.82) is 0 Å². The number of benzene rings is 3. The van der Waals surface area contributed by atoms with Crippen LogP contribution in [0.5, 0.6) is 0 Å².